The van der Waals surface area contributed by atoms with E-state index in [0.29, 0.717) is 51.4 Å². The molecule has 26 heavy (non-hydrogen) atoms. The van der Waals surface area contributed by atoms with Gasteiger partial charge in [-0.25, -0.2) is 4.98 Å². The number of halogens is 2. The predicted molar refractivity (Wildman–Crippen MR) is 104 cm³/mol. The highest BCUT2D eigenvalue weighted by Crippen LogP contribution is 2.31. The zero-order valence-corrected chi connectivity index (χ0v) is 16.0. The Morgan fingerprint density at radius 3 is 2.65 bits per heavy atom. The number of hydrogen-bond acceptors (Lipinski definition) is 6. The second-order valence-electron chi connectivity index (χ2n) is 6.23. The normalized spacial score (nSPS) is 18.8. The van der Waals surface area contributed by atoms with E-state index < -0.39 is 5.41 Å². The highest BCUT2D eigenvalue weighted by Gasteiger charge is 2.38. The van der Waals surface area contributed by atoms with Gasteiger partial charge in [0.05, 0.1) is 23.8 Å². The lowest BCUT2D eigenvalue weighted by atomic mass is 9.79. The lowest BCUT2D eigenvalue weighted by Gasteiger charge is -2.34. The summed E-state index contributed by atoms with van der Waals surface area (Å²) in [6.07, 6.45) is 2.87. The Bertz CT molecular complexity index is 608. The van der Waals surface area contributed by atoms with Crippen molar-refractivity contribution in [1.29, 1.82) is 0 Å². The van der Waals surface area contributed by atoms with Crippen LogP contribution in [0.5, 0.6) is 0 Å². The van der Waals surface area contributed by atoms with Gasteiger partial charge in [0.2, 0.25) is 11.8 Å². The zero-order valence-electron chi connectivity index (χ0n) is 14.4. The van der Waals surface area contributed by atoms with E-state index in [1.54, 1.807) is 12.3 Å². The van der Waals surface area contributed by atoms with Crippen molar-refractivity contribution in [3.63, 3.8) is 0 Å². The zero-order chi connectivity index (χ0) is 17.0. The van der Waals surface area contributed by atoms with Crippen LogP contribution in [-0.4, -0.2) is 56.2 Å². The van der Waals surface area contributed by atoms with Crippen LogP contribution in [0.3, 0.4) is 0 Å². The third-order valence-electron chi connectivity index (χ3n) is 4.69. The number of ether oxygens (including phenoxy) is 1. The first-order valence-corrected chi connectivity index (χ1v) is 8.20. The molecule has 0 bridgehead atoms. The van der Waals surface area contributed by atoms with Crippen LogP contribution in [0.1, 0.15) is 12.8 Å². The van der Waals surface area contributed by atoms with Gasteiger partial charge in [-0.3, -0.25) is 9.59 Å². The molecule has 2 saturated heterocycles. The number of amides is 2. The molecule has 0 atom stereocenters. The number of nitrogens with two attached hydrogens (primary N) is 1. The van der Waals surface area contributed by atoms with Gasteiger partial charge < -0.3 is 26.0 Å². The van der Waals surface area contributed by atoms with E-state index in [2.05, 4.69) is 15.6 Å². The van der Waals surface area contributed by atoms with Crippen LogP contribution in [0.25, 0.3) is 0 Å². The number of rotatable bonds is 4. The highest BCUT2D eigenvalue weighted by molar-refractivity contribution is 5.95. The summed E-state index contributed by atoms with van der Waals surface area (Å²) in [4.78, 5) is 30.3. The molecule has 0 spiro atoms. The Morgan fingerprint density at radius 2 is 2.08 bits per heavy atom. The minimum atomic E-state index is -0.568. The van der Waals surface area contributed by atoms with E-state index in [4.69, 9.17) is 10.5 Å². The minimum Gasteiger partial charge on any atom is -0.381 e. The summed E-state index contributed by atoms with van der Waals surface area (Å²) in [5.41, 5.74) is 5.91. The first kappa shape index (κ1) is 22.4. The molecule has 0 aromatic carbocycles. The van der Waals surface area contributed by atoms with Gasteiger partial charge in [-0.05, 0) is 25.0 Å². The van der Waals surface area contributed by atoms with Crippen LogP contribution in [0.4, 0.5) is 11.5 Å². The number of pyridine rings is 1. The Balaban J connectivity index is 0.00000169. The average molecular weight is 406 g/mol. The molecule has 3 heterocycles. The Labute approximate surface area is 165 Å². The fourth-order valence-electron chi connectivity index (χ4n) is 3.03. The third-order valence-corrected chi connectivity index (χ3v) is 4.69. The predicted octanol–water partition coefficient (Wildman–Crippen LogP) is 0.555. The van der Waals surface area contributed by atoms with Gasteiger partial charge in [0.1, 0.15) is 5.82 Å². The van der Waals surface area contributed by atoms with Crippen molar-refractivity contribution in [2.24, 2.45) is 11.1 Å². The number of anilines is 2. The van der Waals surface area contributed by atoms with Crippen molar-refractivity contribution in [3.8, 4) is 0 Å². The monoisotopic (exact) mass is 405 g/mol. The van der Waals surface area contributed by atoms with E-state index in [1.165, 1.54) is 0 Å². The van der Waals surface area contributed by atoms with Crippen LogP contribution in [0.15, 0.2) is 18.3 Å². The molecule has 10 heteroatoms. The van der Waals surface area contributed by atoms with Gasteiger partial charge in [-0.2, -0.15) is 0 Å². The van der Waals surface area contributed by atoms with Gasteiger partial charge in [-0.15, -0.1) is 24.8 Å². The summed E-state index contributed by atoms with van der Waals surface area (Å²) in [6.45, 7) is 3.05. The molecule has 2 aliphatic rings. The lowest BCUT2D eigenvalue weighted by molar-refractivity contribution is -0.130. The van der Waals surface area contributed by atoms with Crippen LogP contribution in [0.2, 0.25) is 0 Å². The molecule has 1 aromatic heterocycles. The number of carbonyl (C=O) groups excluding carboxylic acids is 2. The molecule has 2 amide bonds. The lowest BCUT2D eigenvalue weighted by Crippen LogP contribution is -2.48. The molecular weight excluding hydrogens is 381 g/mol. The van der Waals surface area contributed by atoms with Crippen LogP contribution in [-0.2, 0) is 14.3 Å². The quantitative estimate of drug-likeness (QED) is 0.674. The molecule has 0 radical (unpaired) electrons. The molecule has 0 saturated carbocycles. The first-order valence-electron chi connectivity index (χ1n) is 8.20. The number of piperazine rings is 1. The minimum absolute atomic E-state index is 0. The van der Waals surface area contributed by atoms with Gasteiger partial charge in [0.25, 0.3) is 0 Å². The number of carbonyl (C=O) groups is 2. The van der Waals surface area contributed by atoms with Gasteiger partial charge in [0, 0.05) is 32.8 Å². The maximum absolute atomic E-state index is 12.6. The summed E-state index contributed by atoms with van der Waals surface area (Å²) in [6, 6.07) is 3.61. The number of hydrogen-bond donors (Lipinski definition) is 3. The van der Waals surface area contributed by atoms with E-state index >= 15 is 0 Å². The second-order valence-corrected chi connectivity index (χ2v) is 6.23. The Hall–Kier alpha value is -1.61. The van der Waals surface area contributed by atoms with E-state index in [0.717, 1.165) is 12.4 Å². The van der Waals surface area contributed by atoms with E-state index in [9.17, 15) is 9.59 Å². The fourth-order valence-corrected chi connectivity index (χ4v) is 3.03. The Kier molecular flexibility index (Phi) is 8.55. The van der Waals surface area contributed by atoms with Crippen LogP contribution >= 0.6 is 24.8 Å². The van der Waals surface area contributed by atoms with E-state index in [1.807, 2.05) is 11.0 Å². The molecule has 2 aliphatic heterocycles. The van der Waals surface area contributed by atoms with Gasteiger partial charge >= 0.3 is 0 Å². The average Bonchev–Trinajstić information content (AvgIpc) is 2.63. The summed E-state index contributed by atoms with van der Waals surface area (Å²) >= 11 is 0. The smallest absolute Gasteiger partial charge is 0.239 e. The van der Waals surface area contributed by atoms with Crippen LogP contribution in [0, 0.1) is 5.41 Å². The summed E-state index contributed by atoms with van der Waals surface area (Å²) in [5, 5.41) is 5.69. The number of aromatic nitrogens is 1. The van der Waals surface area contributed by atoms with Crippen LogP contribution < -0.4 is 21.3 Å². The SMILES string of the molecule is Cl.Cl.NCC1(C(=O)Nc2ccc(N3CCNC(=O)C3)nc2)CCOCC1. The van der Waals surface area contributed by atoms with Crippen molar-refractivity contribution >= 4 is 48.1 Å². The van der Waals surface area contributed by atoms with Crippen molar-refractivity contribution in [3.05, 3.63) is 18.3 Å². The Morgan fingerprint density at radius 1 is 1.35 bits per heavy atom. The largest absolute Gasteiger partial charge is 0.381 e. The number of nitrogens with zero attached hydrogens (tertiary/aromatic N) is 2. The molecule has 146 valence electrons. The van der Waals surface area contributed by atoms with Gasteiger partial charge in [-0.1, -0.05) is 0 Å². The third kappa shape index (κ3) is 4.97. The van der Waals surface area contributed by atoms with Crippen molar-refractivity contribution in [1.82, 2.24) is 10.3 Å². The van der Waals surface area contributed by atoms with Crippen molar-refractivity contribution < 1.29 is 14.3 Å². The molecule has 8 nitrogen and oxygen atoms in total. The topological polar surface area (TPSA) is 110 Å². The first-order chi connectivity index (χ1) is 11.6. The fraction of sp³-hybridized carbons (Fsp3) is 0.562. The molecule has 1 aromatic rings. The number of nitrogens with one attached hydrogen (secondary N) is 2. The second kappa shape index (κ2) is 9.91. The molecular formula is C16H25Cl2N5O3. The molecule has 0 aliphatic carbocycles. The highest BCUT2D eigenvalue weighted by atomic mass is 35.5. The maximum Gasteiger partial charge on any atom is 0.239 e. The summed E-state index contributed by atoms with van der Waals surface area (Å²) < 4.78 is 5.33. The van der Waals surface area contributed by atoms with Gasteiger partial charge in [0.15, 0.2) is 0 Å². The molecule has 3 rings (SSSR count). The van der Waals surface area contributed by atoms with Crippen molar-refractivity contribution in [2.75, 3.05) is 49.6 Å². The molecule has 2 fully saturated rings. The van der Waals surface area contributed by atoms with Crippen molar-refractivity contribution in [2.45, 2.75) is 12.8 Å². The molecule has 4 N–H and O–H groups in total. The summed E-state index contributed by atoms with van der Waals surface area (Å²) in [7, 11) is 0. The standard InChI is InChI=1S/C16H23N5O3.2ClH/c17-11-16(3-7-24-8-4-16)15(23)20-12-1-2-13(19-9-12)21-6-5-18-14(22)10-21;;/h1-2,9H,3-8,10-11,17H2,(H,18,22)(H,20,23);2*1H. The summed E-state index contributed by atoms with van der Waals surface area (Å²) in [5.74, 6) is 0.632. The van der Waals surface area contributed by atoms with E-state index in [-0.39, 0.29) is 36.6 Å². The maximum atomic E-state index is 12.6. The molecule has 0 unspecified atom stereocenters.